The van der Waals surface area contributed by atoms with Crippen molar-refractivity contribution >= 4 is 17.3 Å². The lowest BCUT2D eigenvalue weighted by atomic mass is 9.91. The van der Waals surface area contributed by atoms with Crippen LogP contribution in [0, 0.1) is 17.0 Å². The van der Waals surface area contributed by atoms with E-state index in [1.807, 2.05) is 37.3 Å². The van der Waals surface area contributed by atoms with Crippen LogP contribution in [-0.4, -0.2) is 28.2 Å². The van der Waals surface area contributed by atoms with Crippen LogP contribution in [0.2, 0.25) is 0 Å². The van der Waals surface area contributed by atoms with E-state index in [0.717, 1.165) is 5.56 Å². The first kappa shape index (κ1) is 21.0. The van der Waals surface area contributed by atoms with Crippen LogP contribution in [0.1, 0.15) is 43.8 Å². The molecule has 0 saturated carbocycles. The molecule has 32 heavy (non-hydrogen) atoms. The molecule has 0 spiro atoms. The average Bonchev–Trinajstić information content (AvgIpc) is 3.06. The molecule has 162 valence electrons. The van der Waals surface area contributed by atoms with Crippen molar-refractivity contribution in [3.8, 4) is 5.75 Å². The summed E-state index contributed by atoms with van der Waals surface area (Å²) in [4.78, 5) is 36.5. The molecule has 1 unspecified atom stereocenters. The van der Waals surface area contributed by atoms with Crippen molar-refractivity contribution < 1.29 is 24.0 Å². The first-order valence-corrected chi connectivity index (χ1v) is 9.83. The molecule has 0 N–H and O–H groups in total. The number of hydrogen-bond acceptors (Lipinski definition) is 6. The number of carbonyl (C=O) groups is 2. The van der Waals surface area contributed by atoms with E-state index in [1.54, 1.807) is 11.6 Å². The Labute approximate surface area is 183 Å². The van der Waals surface area contributed by atoms with E-state index >= 15 is 0 Å². The van der Waals surface area contributed by atoms with Gasteiger partial charge in [-0.3, -0.25) is 19.7 Å². The van der Waals surface area contributed by atoms with Gasteiger partial charge in [0.05, 0.1) is 17.6 Å². The molecule has 0 radical (unpaired) electrons. The maximum atomic E-state index is 13.2. The first-order valence-electron chi connectivity index (χ1n) is 9.83. The third-order valence-electron chi connectivity index (χ3n) is 5.57. The zero-order valence-electron chi connectivity index (χ0n) is 17.7. The number of nitrogens with zero attached hydrogens (tertiary/aromatic N) is 2. The van der Waals surface area contributed by atoms with Crippen molar-refractivity contribution in [2.24, 2.45) is 7.05 Å². The van der Waals surface area contributed by atoms with Crippen LogP contribution in [0.3, 0.4) is 0 Å². The van der Waals surface area contributed by atoms with Crippen molar-refractivity contribution in [2.45, 2.75) is 13.0 Å². The van der Waals surface area contributed by atoms with Crippen LogP contribution in [0.5, 0.6) is 5.75 Å². The number of ketones is 2. The van der Waals surface area contributed by atoms with Gasteiger partial charge in [0.1, 0.15) is 11.4 Å². The number of non-ortho nitro benzene ring substituents is 1. The topological polar surface area (TPSA) is 101 Å². The molecule has 0 bridgehead atoms. The number of nitro benzene ring substituents is 1. The van der Waals surface area contributed by atoms with Gasteiger partial charge in [0.25, 0.3) is 5.69 Å². The van der Waals surface area contributed by atoms with Gasteiger partial charge in [-0.15, -0.1) is 0 Å². The third kappa shape index (κ3) is 3.45. The van der Waals surface area contributed by atoms with Crippen LogP contribution in [0.4, 0.5) is 5.69 Å². The monoisotopic (exact) mass is 432 g/mol. The zero-order chi connectivity index (χ0) is 23.0. The Morgan fingerprint density at radius 3 is 2.28 bits per heavy atom. The van der Waals surface area contributed by atoms with E-state index in [-0.39, 0.29) is 28.5 Å². The molecular formula is C24H20N2O6. The fourth-order valence-electron chi connectivity index (χ4n) is 3.90. The van der Waals surface area contributed by atoms with E-state index in [4.69, 9.17) is 9.47 Å². The Balaban J connectivity index is 1.89. The number of benzene rings is 2. The molecular weight excluding hydrogens is 412 g/mol. The number of carbonyl (C=O) groups excluding carboxylic acids is 2. The molecule has 1 aliphatic carbocycles. The Bertz CT molecular complexity index is 1260. The lowest BCUT2D eigenvalue weighted by molar-refractivity contribution is -0.384. The number of Topliss-reactive ketones (excluding diaryl/α,β-unsaturated/α-hetero) is 1. The number of rotatable bonds is 6. The standard InChI is InChI=1S/C24H20N2O6/c1-14-20(21-22(25(14)2)18(27)13-19(31-3)23(21)28)24(15-7-5-4-6-8-15)32-17-11-9-16(10-12-17)26(29)30/h4-13,24H,1-3H3. The lowest BCUT2D eigenvalue weighted by Crippen LogP contribution is -2.21. The molecule has 1 aromatic heterocycles. The van der Waals surface area contributed by atoms with Crippen LogP contribution in [0.25, 0.3) is 0 Å². The van der Waals surface area contributed by atoms with E-state index < -0.39 is 16.8 Å². The third-order valence-corrected chi connectivity index (χ3v) is 5.57. The van der Waals surface area contributed by atoms with Gasteiger partial charge in [0.2, 0.25) is 11.6 Å². The first-order chi connectivity index (χ1) is 15.3. The number of aromatic nitrogens is 1. The predicted octanol–water partition coefficient (Wildman–Crippen LogP) is 4.32. The molecule has 1 aliphatic rings. The predicted molar refractivity (Wildman–Crippen MR) is 116 cm³/mol. The van der Waals surface area contributed by atoms with Gasteiger partial charge in [-0.25, -0.2) is 0 Å². The van der Waals surface area contributed by atoms with Crippen LogP contribution < -0.4 is 4.74 Å². The highest BCUT2D eigenvalue weighted by Gasteiger charge is 2.37. The summed E-state index contributed by atoms with van der Waals surface area (Å²) in [5.74, 6) is -0.362. The van der Waals surface area contributed by atoms with Gasteiger partial charge in [-0.05, 0) is 24.6 Å². The minimum atomic E-state index is -0.736. The SMILES string of the molecule is COC1=CC(=O)c2c(c(C(Oc3ccc([N+](=O)[O-])cc3)c3ccccc3)c(C)n2C)C1=O. The normalized spacial score (nSPS) is 13.9. The maximum Gasteiger partial charge on any atom is 0.269 e. The second-order valence-corrected chi connectivity index (χ2v) is 7.35. The average molecular weight is 432 g/mol. The Morgan fingerprint density at radius 2 is 1.69 bits per heavy atom. The fraction of sp³-hybridized carbons (Fsp3) is 0.167. The highest BCUT2D eigenvalue weighted by atomic mass is 16.6. The molecule has 0 aliphatic heterocycles. The molecule has 1 heterocycles. The summed E-state index contributed by atoms with van der Waals surface area (Å²) in [5, 5.41) is 11.0. The van der Waals surface area contributed by atoms with E-state index in [9.17, 15) is 19.7 Å². The molecule has 3 aromatic rings. The Kier molecular flexibility index (Phi) is 5.36. The quantitative estimate of drug-likeness (QED) is 0.425. The highest BCUT2D eigenvalue weighted by Crippen LogP contribution is 2.38. The Morgan fingerprint density at radius 1 is 1.03 bits per heavy atom. The molecule has 0 saturated heterocycles. The van der Waals surface area contributed by atoms with Gasteiger partial charge in [-0.2, -0.15) is 0 Å². The summed E-state index contributed by atoms with van der Waals surface area (Å²) in [7, 11) is 3.07. The van der Waals surface area contributed by atoms with E-state index in [2.05, 4.69) is 0 Å². The van der Waals surface area contributed by atoms with E-state index in [0.29, 0.717) is 17.0 Å². The second kappa shape index (κ2) is 8.14. The van der Waals surface area contributed by atoms with Crippen LogP contribution in [-0.2, 0) is 11.8 Å². The largest absolute Gasteiger partial charge is 0.492 e. The number of methoxy groups -OCH3 is 1. The van der Waals surface area contributed by atoms with Crippen molar-refractivity contribution in [1.29, 1.82) is 0 Å². The van der Waals surface area contributed by atoms with Crippen LogP contribution >= 0.6 is 0 Å². The summed E-state index contributed by atoms with van der Waals surface area (Å²) >= 11 is 0. The van der Waals surface area contributed by atoms with Gasteiger partial charge >= 0.3 is 0 Å². The van der Waals surface area contributed by atoms with Gasteiger partial charge in [-0.1, -0.05) is 30.3 Å². The minimum Gasteiger partial charge on any atom is -0.492 e. The van der Waals surface area contributed by atoms with Crippen molar-refractivity contribution in [1.82, 2.24) is 4.57 Å². The smallest absolute Gasteiger partial charge is 0.269 e. The summed E-state index contributed by atoms with van der Waals surface area (Å²) in [5.41, 5.74) is 2.46. The minimum absolute atomic E-state index is 0.0310. The van der Waals surface area contributed by atoms with Crippen molar-refractivity contribution in [3.63, 3.8) is 0 Å². The van der Waals surface area contributed by atoms with Gasteiger partial charge in [0.15, 0.2) is 11.9 Å². The summed E-state index contributed by atoms with van der Waals surface area (Å²) < 4.78 is 13.1. The van der Waals surface area contributed by atoms with Crippen molar-refractivity contribution in [3.05, 3.63) is 105 Å². The van der Waals surface area contributed by atoms with Crippen molar-refractivity contribution in [2.75, 3.05) is 7.11 Å². The molecule has 8 heteroatoms. The fourth-order valence-corrected chi connectivity index (χ4v) is 3.90. The van der Waals surface area contributed by atoms with Gasteiger partial charge < -0.3 is 14.0 Å². The Hall–Kier alpha value is -4.20. The molecule has 0 fully saturated rings. The molecule has 0 amide bonds. The lowest BCUT2D eigenvalue weighted by Gasteiger charge is -2.22. The number of hydrogen-bond donors (Lipinski definition) is 0. The molecule has 4 rings (SSSR count). The zero-order valence-corrected chi connectivity index (χ0v) is 17.7. The maximum absolute atomic E-state index is 13.2. The number of fused-ring (bicyclic) bond motifs is 1. The highest BCUT2D eigenvalue weighted by molar-refractivity contribution is 6.24. The molecule has 1 atom stereocenters. The molecule has 2 aromatic carbocycles. The number of nitro groups is 1. The second-order valence-electron chi connectivity index (χ2n) is 7.35. The van der Waals surface area contributed by atoms with Gasteiger partial charge in [0, 0.05) is 36.5 Å². The van der Waals surface area contributed by atoms with Crippen LogP contribution in [0.15, 0.2) is 66.4 Å². The van der Waals surface area contributed by atoms with E-state index in [1.165, 1.54) is 37.5 Å². The number of ether oxygens (including phenoxy) is 2. The molecule has 8 nitrogen and oxygen atoms in total. The summed E-state index contributed by atoms with van der Waals surface area (Å²) in [6.07, 6.45) is 0.461. The summed E-state index contributed by atoms with van der Waals surface area (Å²) in [6.45, 7) is 1.82. The summed E-state index contributed by atoms with van der Waals surface area (Å²) in [6, 6.07) is 15.0. The number of allylic oxidation sites excluding steroid dienone is 2.